The van der Waals surface area contributed by atoms with E-state index >= 15 is 0 Å². The number of likely N-dealkylation sites (N-methyl/N-ethyl adjacent to an activating group) is 1. The van der Waals surface area contributed by atoms with E-state index < -0.39 is 0 Å². The van der Waals surface area contributed by atoms with Crippen LogP contribution in [0.5, 0.6) is 0 Å². The van der Waals surface area contributed by atoms with E-state index in [0.717, 1.165) is 30.2 Å². The molecule has 0 saturated carbocycles. The van der Waals surface area contributed by atoms with Gasteiger partial charge in [0, 0.05) is 35.1 Å². The van der Waals surface area contributed by atoms with E-state index in [1.807, 2.05) is 39.0 Å². The van der Waals surface area contributed by atoms with Gasteiger partial charge in [-0.15, -0.1) is 0 Å². The summed E-state index contributed by atoms with van der Waals surface area (Å²) in [6.45, 7) is 9.99. The van der Waals surface area contributed by atoms with E-state index in [1.54, 1.807) is 0 Å². The molecule has 1 unspecified atom stereocenters. The van der Waals surface area contributed by atoms with Gasteiger partial charge >= 0.3 is 0 Å². The molecule has 1 heterocycles. The van der Waals surface area contributed by atoms with Crippen molar-refractivity contribution in [2.45, 2.75) is 46.6 Å². The van der Waals surface area contributed by atoms with Gasteiger partial charge in [-0.1, -0.05) is 44.5 Å². The highest BCUT2D eigenvalue weighted by molar-refractivity contribution is 6.30. The van der Waals surface area contributed by atoms with Crippen molar-refractivity contribution in [2.75, 3.05) is 18.9 Å². The summed E-state index contributed by atoms with van der Waals surface area (Å²) in [6.07, 6.45) is 0.803. The fourth-order valence-corrected chi connectivity index (χ4v) is 3.93. The number of carbonyl (C=O) groups is 1. The number of rotatable bonds is 4. The third kappa shape index (κ3) is 4.20. The number of hydrogen-bond donors (Lipinski definition) is 1. The number of benzene rings is 2. The van der Waals surface area contributed by atoms with E-state index in [1.165, 1.54) is 22.3 Å². The lowest BCUT2D eigenvalue weighted by Crippen LogP contribution is -2.32. The molecule has 144 valence electrons. The van der Waals surface area contributed by atoms with Gasteiger partial charge in [-0.2, -0.15) is 0 Å². The Balaban J connectivity index is 1.95. The molecule has 1 amide bonds. The maximum atomic E-state index is 12.6. The van der Waals surface area contributed by atoms with Gasteiger partial charge < -0.3 is 10.2 Å². The number of amides is 1. The Hall–Kier alpha value is -1.84. The number of hydrogen-bond acceptors (Lipinski definition) is 2. The number of carbonyl (C=O) groups excluding carboxylic acids is 1. The van der Waals surface area contributed by atoms with Crippen molar-refractivity contribution in [3.05, 3.63) is 63.7 Å². The van der Waals surface area contributed by atoms with Crippen LogP contribution in [0, 0.1) is 12.3 Å². The number of nitrogens with zero attached hydrogens (tertiary/aromatic N) is 1. The van der Waals surface area contributed by atoms with Gasteiger partial charge in [-0.05, 0) is 66.9 Å². The van der Waals surface area contributed by atoms with Crippen molar-refractivity contribution in [2.24, 2.45) is 5.41 Å². The minimum atomic E-state index is -0.377. The molecule has 27 heavy (non-hydrogen) atoms. The second-order valence-corrected chi connectivity index (χ2v) is 8.79. The van der Waals surface area contributed by atoms with E-state index in [2.05, 4.69) is 42.4 Å². The Morgan fingerprint density at radius 2 is 2.04 bits per heavy atom. The zero-order valence-electron chi connectivity index (χ0n) is 16.9. The zero-order valence-corrected chi connectivity index (χ0v) is 17.7. The molecular weight excluding hydrogens is 356 g/mol. The number of halogens is 1. The van der Waals surface area contributed by atoms with Crippen LogP contribution < -0.4 is 5.32 Å². The predicted molar refractivity (Wildman–Crippen MR) is 114 cm³/mol. The minimum absolute atomic E-state index is 0.0576. The molecular formula is C23H29ClN2O. The van der Waals surface area contributed by atoms with Gasteiger partial charge in [0.1, 0.15) is 0 Å². The molecule has 0 saturated heterocycles. The van der Waals surface area contributed by atoms with E-state index in [9.17, 15) is 4.79 Å². The molecule has 4 heteroatoms. The quantitative estimate of drug-likeness (QED) is 0.744. The molecule has 3 rings (SSSR count). The Labute approximate surface area is 167 Å². The third-order valence-corrected chi connectivity index (χ3v) is 6.03. The molecule has 0 fully saturated rings. The van der Waals surface area contributed by atoms with Crippen LogP contribution in [0.25, 0.3) is 0 Å². The molecule has 1 atom stereocenters. The second kappa shape index (κ2) is 7.65. The normalized spacial score (nSPS) is 17.5. The standard InChI is InChI=1S/C23H29ClN2O/c1-6-23(3,4)22(27)25-18-9-7-8-16(11-18)21-14-26(5)13-20-15(2)10-17(24)12-19(20)21/h7-12,21H,6,13-14H2,1-5H3,(H,25,27). The van der Waals surface area contributed by atoms with Gasteiger partial charge in [0.15, 0.2) is 0 Å². The first-order valence-corrected chi connectivity index (χ1v) is 9.98. The average molecular weight is 385 g/mol. The van der Waals surface area contributed by atoms with Crippen molar-refractivity contribution in [1.29, 1.82) is 0 Å². The SMILES string of the molecule is CCC(C)(C)C(=O)Nc1cccc(C2CN(C)Cc3c(C)cc(Cl)cc32)c1. The van der Waals surface area contributed by atoms with E-state index in [0.29, 0.717) is 0 Å². The highest BCUT2D eigenvalue weighted by Gasteiger charge is 2.28. The molecule has 0 bridgehead atoms. The molecule has 1 aliphatic rings. The van der Waals surface area contributed by atoms with Gasteiger partial charge in [0.25, 0.3) is 0 Å². The zero-order chi connectivity index (χ0) is 19.8. The first kappa shape index (κ1) is 19.9. The van der Waals surface area contributed by atoms with Gasteiger partial charge in [0.05, 0.1) is 0 Å². The van der Waals surface area contributed by atoms with Crippen LogP contribution in [0.3, 0.4) is 0 Å². The predicted octanol–water partition coefficient (Wildman–Crippen LogP) is 5.60. The lowest BCUT2D eigenvalue weighted by Gasteiger charge is -2.34. The van der Waals surface area contributed by atoms with Crippen LogP contribution in [-0.4, -0.2) is 24.4 Å². The van der Waals surface area contributed by atoms with Crippen molar-refractivity contribution in [3.8, 4) is 0 Å². The molecule has 2 aromatic rings. The molecule has 0 aromatic heterocycles. The van der Waals surface area contributed by atoms with Crippen LogP contribution >= 0.6 is 11.6 Å². The highest BCUT2D eigenvalue weighted by Crippen LogP contribution is 2.37. The molecule has 0 radical (unpaired) electrons. The number of nitrogens with one attached hydrogen (secondary N) is 1. The summed E-state index contributed by atoms with van der Waals surface area (Å²) >= 11 is 6.37. The van der Waals surface area contributed by atoms with Crippen molar-refractivity contribution >= 4 is 23.2 Å². The fraction of sp³-hybridized carbons (Fsp3) is 0.435. The second-order valence-electron chi connectivity index (χ2n) is 8.36. The summed E-state index contributed by atoms with van der Waals surface area (Å²) in [5.74, 6) is 0.300. The van der Waals surface area contributed by atoms with E-state index in [4.69, 9.17) is 11.6 Å². The van der Waals surface area contributed by atoms with Gasteiger partial charge in [0.2, 0.25) is 5.91 Å². The number of fused-ring (bicyclic) bond motifs is 1. The summed E-state index contributed by atoms with van der Waals surface area (Å²) < 4.78 is 0. The molecule has 3 nitrogen and oxygen atoms in total. The monoisotopic (exact) mass is 384 g/mol. The molecule has 2 aromatic carbocycles. The third-order valence-electron chi connectivity index (χ3n) is 5.82. The number of aryl methyl sites for hydroxylation is 1. The van der Waals surface area contributed by atoms with Crippen molar-refractivity contribution in [3.63, 3.8) is 0 Å². The summed E-state index contributed by atoms with van der Waals surface area (Å²) in [4.78, 5) is 14.9. The van der Waals surface area contributed by atoms with Crippen molar-refractivity contribution < 1.29 is 4.79 Å². The van der Waals surface area contributed by atoms with Crippen LogP contribution in [0.2, 0.25) is 5.02 Å². The Morgan fingerprint density at radius 3 is 2.74 bits per heavy atom. The molecule has 0 spiro atoms. The van der Waals surface area contributed by atoms with Crippen molar-refractivity contribution in [1.82, 2.24) is 4.90 Å². The first-order chi connectivity index (χ1) is 12.7. The summed E-state index contributed by atoms with van der Waals surface area (Å²) in [5, 5.41) is 3.88. The lowest BCUT2D eigenvalue weighted by atomic mass is 9.83. The highest BCUT2D eigenvalue weighted by atomic mass is 35.5. The van der Waals surface area contributed by atoms with Crippen LogP contribution in [0.4, 0.5) is 5.69 Å². The van der Waals surface area contributed by atoms with E-state index in [-0.39, 0.29) is 17.2 Å². The van der Waals surface area contributed by atoms with Crippen LogP contribution in [0.1, 0.15) is 55.4 Å². The summed E-state index contributed by atoms with van der Waals surface area (Å²) in [5.41, 5.74) is 5.58. The number of anilines is 1. The summed E-state index contributed by atoms with van der Waals surface area (Å²) in [7, 11) is 2.15. The molecule has 1 N–H and O–H groups in total. The fourth-order valence-electron chi connectivity index (χ4n) is 3.65. The van der Waals surface area contributed by atoms with Gasteiger partial charge in [-0.25, -0.2) is 0 Å². The first-order valence-electron chi connectivity index (χ1n) is 9.60. The van der Waals surface area contributed by atoms with Gasteiger partial charge in [-0.3, -0.25) is 4.79 Å². The smallest absolute Gasteiger partial charge is 0.230 e. The average Bonchev–Trinajstić information content (AvgIpc) is 2.62. The molecule has 1 aliphatic heterocycles. The topological polar surface area (TPSA) is 32.3 Å². The Bertz CT molecular complexity index is 859. The summed E-state index contributed by atoms with van der Waals surface area (Å²) in [6, 6.07) is 12.4. The largest absolute Gasteiger partial charge is 0.326 e. The molecule has 0 aliphatic carbocycles. The maximum absolute atomic E-state index is 12.6. The Morgan fingerprint density at radius 1 is 1.30 bits per heavy atom. The van der Waals surface area contributed by atoms with Crippen LogP contribution in [-0.2, 0) is 11.3 Å². The lowest BCUT2D eigenvalue weighted by molar-refractivity contribution is -0.124. The minimum Gasteiger partial charge on any atom is -0.326 e. The van der Waals surface area contributed by atoms with Crippen LogP contribution in [0.15, 0.2) is 36.4 Å². The maximum Gasteiger partial charge on any atom is 0.230 e. The Kier molecular flexibility index (Phi) is 5.64.